The average Bonchev–Trinajstić information content (AvgIpc) is 3.02. The SMILES string of the molecule is CNc1ccc(-c2cnc3cc(OC)c(S(=O)(=O)C(C)(C)C)cn23)cn1. The van der Waals surface area contributed by atoms with Crippen LogP contribution in [0, 0.1) is 0 Å². The van der Waals surface area contributed by atoms with Gasteiger partial charge in [0.25, 0.3) is 0 Å². The molecule has 26 heavy (non-hydrogen) atoms. The number of aromatic nitrogens is 3. The fraction of sp³-hybridized carbons (Fsp3) is 0.333. The van der Waals surface area contributed by atoms with Crippen LogP contribution in [0.4, 0.5) is 5.82 Å². The molecule has 0 saturated carbocycles. The molecule has 0 radical (unpaired) electrons. The van der Waals surface area contributed by atoms with E-state index in [-0.39, 0.29) is 10.6 Å². The van der Waals surface area contributed by atoms with Gasteiger partial charge in [-0.25, -0.2) is 18.4 Å². The average molecular weight is 374 g/mol. The first-order valence-electron chi connectivity index (χ1n) is 8.13. The Morgan fingerprint density at radius 2 is 1.88 bits per heavy atom. The van der Waals surface area contributed by atoms with Crippen LogP contribution in [-0.2, 0) is 9.84 Å². The summed E-state index contributed by atoms with van der Waals surface area (Å²) in [6.07, 6.45) is 4.98. The van der Waals surface area contributed by atoms with Gasteiger partial charge in [-0.05, 0) is 32.9 Å². The Hall–Kier alpha value is -2.61. The molecule has 3 aromatic rings. The van der Waals surface area contributed by atoms with Gasteiger partial charge in [-0.2, -0.15) is 0 Å². The number of rotatable bonds is 4. The predicted molar refractivity (Wildman–Crippen MR) is 101 cm³/mol. The lowest BCUT2D eigenvalue weighted by molar-refractivity contribution is 0.401. The lowest BCUT2D eigenvalue weighted by Gasteiger charge is -2.21. The third-order valence-electron chi connectivity index (χ3n) is 4.21. The molecule has 1 N–H and O–H groups in total. The van der Waals surface area contributed by atoms with Crippen LogP contribution < -0.4 is 10.1 Å². The first-order chi connectivity index (χ1) is 12.2. The number of sulfone groups is 1. The van der Waals surface area contributed by atoms with Crippen molar-refractivity contribution in [1.82, 2.24) is 14.4 Å². The first kappa shape index (κ1) is 18.2. The van der Waals surface area contributed by atoms with Gasteiger partial charge in [0.05, 0.1) is 23.7 Å². The Labute approximate surface area is 153 Å². The lowest BCUT2D eigenvalue weighted by atomic mass is 10.2. The highest BCUT2D eigenvalue weighted by atomic mass is 32.2. The van der Waals surface area contributed by atoms with Gasteiger partial charge in [0, 0.05) is 31.1 Å². The van der Waals surface area contributed by atoms with Crippen molar-refractivity contribution >= 4 is 21.3 Å². The van der Waals surface area contributed by atoms with Crippen molar-refractivity contribution < 1.29 is 13.2 Å². The summed E-state index contributed by atoms with van der Waals surface area (Å²) in [6.45, 7) is 5.00. The van der Waals surface area contributed by atoms with Crippen LogP contribution in [0.15, 0.2) is 41.7 Å². The molecule has 0 aliphatic carbocycles. The summed E-state index contributed by atoms with van der Waals surface area (Å²) in [7, 11) is -0.344. The molecular formula is C18H22N4O3S. The Morgan fingerprint density at radius 3 is 2.42 bits per heavy atom. The molecule has 0 spiro atoms. The highest BCUT2D eigenvalue weighted by molar-refractivity contribution is 7.92. The van der Waals surface area contributed by atoms with E-state index in [0.29, 0.717) is 5.65 Å². The Bertz CT molecular complexity index is 1050. The second kappa shape index (κ2) is 6.28. The number of nitrogens with one attached hydrogen (secondary N) is 1. The summed E-state index contributed by atoms with van der Waals surface area (Å²) in [5.74, 6) is 1.04. The molecule has 0 saturated heterocycles. The van der Waals surface area contributed by atoms with Gasteiger partial charge in [0.15, 0.2) is 9.84 Å². The molecule has 3 rings (SSSR count). The van der Waals surface area contributed by atoms with Gasteiger partial charge in [-0.3, -0.25) is 4.40 Å². The topological polar surface area (TPSA) is 85.6 Å². The van der Waals surface area contributed by atoms with Crippen molar-refractivity contribution in [2.75, 3.05) is 19.5 Å². The van der Waals surface area contributed by atoms with Crippen LogP contribution in [0.5, 0.6) is 5.75 Å². The van der Waals surface area contributed by atoms with Crippen molar-refractivity contribution in [3.05, 3.63) is 36.8 Å². The third kappa shape index (κ3) is 2.90. The summed E-state index contributed by atoms with van der Waals surface area (Å²) >= 11 is 0. The number of hydrogen-bond acceptors (Lipinski definition) is 6. The van der Waals surface area contributed by atoms with Crippen LogP contribution in [-0.4, -0.2) is 41.7 Å². The van der Waals surface area contributed by atoms with Crippen LogP contribution in [0.3, 0.4) is 0 Å². The highest BCUT2D eigenvalue weighted by Crippen LogP contribution is 2.34. The van der Waals surface area contributed by atoms with Crippen LogP contribution in [0.25, 0.3) is 16.9 Å². The number of pyridine rings is 2. The van der Waals surface area contributed by atoms with Crippen LogP contribution in [0.1, 0.15) is 20.8 Å². The summed E-state index contributed by atoms with van der Waals surface area (Å²) in [6, 6.07) is 5.40. The summed E-state index contributed by atoms with van der Waals surface area (Å²) in [5, 5.41) is 2.97. The lowest BCUT2D eigenvalue weighted by Crippen LogP contribution is -2.28. The zero-order chi connectivity index (χ0) is 19.1. The fourth-order valence-electron chi connectivity index (χ4n) is 2.58. The largest absolute Gasteiger partial charge is 0.495 e. The van der Waals surface area contributed by atoms with Gasteiger partial charge >= 0.3 is 0 Å². The molecule has 0 bridgehead atoms. The maximum Gasteiger partial charge on any atom is 0.188 e. The normalized spacial score (nSPS) is 12.3. The van der Waals surface area contributed by atoms with Crippen LogP contribution >= 0.6 is 0 Å². The number of hydrogen-bond donors (Lipinski definition) is 1. The number of methoxy groups -OCH3 is 1. The molecule has 3 heterocycles. The zero-order valence-corrected chi connectivity index (χ0v) is 16.3. The summed E-state index contributed by atoms with van der Waals surface area (Å²) in [5.41, 5.74) is 2.19. The monoisotopic (exact) mass is 374 g/mol. The quantitative estimate of drug-likeness (QED) is 0.755. The van der Waals surface area contributed by atoms with E-state index >= 15 is 0 Å². The molecular weight excluding hydrogens is 352 g/mol. The Kier molecular flexibility index (Phi) is 4.39. The predicted octanol–water partition coefficient (Wildman–Crippen LogP) is 3.02. The summed E-state index contributed by atoms with van der Waals surface area (Å²) in [4.78, 5) is 8.82. The smallest absolute Gasteiger partial charge is 0.188 e. The molecule has 0 aromatic carbocycles. The maximum absolute atomic E-state index is 13.0. The second-order valence-corrected chi connectivity index (χ2v) is 9.55. The molecule has 0 atom stereocenters. The summed E-state index contributed by atoms with van der Waals surface area (Å²) < 4.78 is 32.1. The van der Waals surface area contributed by atoms with Gasteiger partial charge in [0.2, 0.25) is 0 Å². The van der Waals surface area contributed by atoms with Crippen molar-refractivity contribution in [3.63, 3.8) is 0 Å². The number of nitrogens with zero attached hydrogens (tertiary/aromatic N) is 3. The van der Waals surface area contributed by atoms with E-state index in [1.165, 1.54) is 7.11 Å². The second-order valence-electron chi connectivity index (χ2n) is 6.88. The molecule has 0 aliphatic heterocycles. The van der Waals surface area contributed by atoms with Crippen molar-refractivity contribution in [2.24, 2.45) is 0 Å². The van der Waals surface area contributed by atoms with Crippen LogP contribution in [0.2, 0.25) is 0 Å². The Balaban J connectivity index is 2.25. The molecule has 7 nitrogen and oxygen atoms in total. The van der Waals surface area contributed by atoms with Crippen molar-refractivity contribution in [1.29, 1.82) is 0 Å². The van der Waals surface area contributed by atoms with Crippen molar-refractivity contribution in [3.8, 4) is 17.0 Å². The molecule has 8 heteroatoms. The van der Waals surface area contributed by atoms with Gasteiger partial charge in [0.1, 0.15) is 22.1 Å². The molecule has 0 unspecified atom stereocenters. The van der Waals surface area contributed by atoms with Crippen molar-refractivity contribution in [2.45, 2.75) is 30.4 Å². The number of fused-ring (bicyclic) bond motifs is 1. The van der Waals surface area contributed by atoms with Gasteiger partial charge in [-0.15, -0.1) is 0 Å². The molecule has 0 aliphatic rings. The minimum atomic E-state index is -3.60. The van der Waals surface area contributed by atoms with E-state index in [1.807, 2.05) is 12.1 Å². The van der Waals surface area contributed by atoms with E-state index in [2.05, 4.69) is 15.3 Å². The first-order valence-corrected chi connectivity index (χ1v) is 9.61. The maximum atomic E-state index is 13.0. The zero-order valence-electron chi connectivity index (χ0n) is 15.4. The van der Waals surface area contributed by atoms with E-state index in [0.717, 1.165) is 17.1 Å². The third-order valence-corrected chi connectivity index (χ3v) is 6.70. The van der Waals surface area contributed by atoms with E-state index in [4.69, 9.17) is 4.74 Å². The molecule has 0 amide bonds. The minimum absolute atomic E-state index is 0.138. The van der Waals surface area contributed by atoms with E-state index in [1.54, 1.807) is 56.9 Å². The molecule has 0 fully saturated rings. The van der Waals surface area contributed by atoms with Gasteiger partial charge < -0.3 is 10.1 Å². The van der Waals surface area contributed by atoms with E-state index in [9.17, 15) is 8.42 Å². The molecule has 3 aromatic heterocycles. The van der Waals surface area contributed by atoms with Gasteiger partial charge in [-0.1, -0.05) is 0 Å². The van der Waals surface area contributed by atoms with E-state index < -0.39 is 14.6 Å². The minimum Gasteiger partial charge on any atom is -0.495 e. The number of ether oxygens (including phenoxy) is 1. The number of imidazole rings is 1. The molecule has 138 valence electrons. The number of anilines is 1. The fourth-order valence-corrected chi connectivity index (χ4v) is 3.90. The highest BCUT2D eigenvalue weighted by Gasteiger charge is 2.34. The Morgan fingerprint density at radius 1 is 1.15 bits per heavy atom. The standard InChI is InChI=1S/C18H22N4O3S/c1-18(2,3)26(23,24)15-11-22-13(10-21-17(22)8-14(15)25-5)12-6-7-16(19-4)20-9-12/h6-11H,1-5H3,(H,19,20).